The Labute approximate surface area is 142 Å². The number of hydrogen-bond donors (Lipinski definition) is 1. The van der Waals surface area contributed by atoms with E-state index in [0.717, 1.165) is 28.9 Å². The van der Waals surface area contributed by atoms with Gasteiger partial charge in [0.15, 0.2) is 0 Å². The minimum Gasteiger partial charge on any atom is -0.496 e. The van der Waals surface area contributed by atoms with Crippen molar-refractivity contribution in [3.05, 3.63) is 71.0 Å². The smallest absolute Gasteiger partial charge is 0.244 e. The average Bonchev–Trinajstić information content (AvgIpc) is 2.59. The molecule has 0 saturated carbocycles. The van der Waals surface area contributed by atoms with Crippen LogP contribution in [0.5, 0.6) is 5.75 Å². The zero-order chi connectivity index (χ0) is 17.5. The number of nitrogens with one attached hydrogen (secondary N) is 1. The summed E-state index contributed by atoms with van der Waals surface area (Å²) in [5.74, 6) is 0.355. The van der Waals surface area contributed by atoms with Gasteiger partial charge in [-0.1, -0.05) is 31.2 Å². The van der Waals surface area contributed by atoms with E-state index in [1.807, 2.05) is 32.0 Å². The highest BCUT2D eigenvalue weighted by Gasteiger charge is 2.12. The monoisotopic (exact) mass is 327 g/mol. The van der Waals surface area contributed by atoms with Crippen LogP contribution in [-0.2, 0) is 4.79 Å². The molecule has 0 aliphatic rings. The maximum absolute atomic E-state index is 12.9. The first-order valence-electron chi connectivity index (χ1n) is 7.92. The molecule has 2 rings (SSSR count). The van der Waals surface area contributed by atoms with Crippen molar-refractivity contribution in [3.8, 4) is 5.75 Å². The van der Waals surface area contributed by atoms with Gasteiger partial charge in [-0.15, -0.1) is 0 Å². The van der Waals surface area contributed by atoms with E-state index in [9.17, 15) is 9.18 Å². The fourth-order valence-corrected chi connectivity index (χ4v) is 2.51. The van der Waals surface area contributed by atoms with Crippen molar-refractivity contribution in [2.24, 2.45) is 0 Å². The van der Waals surface area contributed by atoms with E-state index >= 15 is 0 Å². The van der Waals surface area contributed by atoms with E-state index in [0.29, 0.717) is 0 Å². The Kier molecular flexibility index (Phi) is 6.13. The number of aryl methyl sites for hydroxylation is 1. The summed E-state index contributed by atoms with van der Waals surface area (Å²) in [6.07, 6.45) is 3.91. The van der Waals surface area contributed by atoms with Gasteiger partial charge in [0.05, 0.1) is 13.2 Å². The fourth-order valence-electron chi connectivity index (χ4n) is 2.51. The largest absolute Gasteiger partial charge is 0.496 e. The van der Waals surface area contributed by atoms with Crippen LogP contribution in [0.15, 0.2) is 48.5 Å². The topological polar surface area (TPSA) is 38.3 Å². The second-order valence-corrected chi connectivity index (χ2v) is 5.58. The Balaban J connectivity index is 2.05. The Hall–Kier alpha value is -2.62. The Morgan fingerprint density at radius 2 is 1.96 bits per heavy atom. The minimum atomic E-state index is -0.294. The second-order valence-electron chi connectivity index (χ2n) is 5.58. The van der Waals surface area contributed by atoms with Crippen molar-refractivity contribution in [2.75, 3.05) is 7.11 Å². The summed E-state index contributed by atoms with van der Waals surface area (Å²) in [6.45, 7) is 4.00. The molecule has 126 valence electrons. The number of carbonyl (C=O) groups excluding carboxylic acids is 1. The Bertz CT molecular complexity index is 723. The molecule has 2 aromatic rings. The average molecular weight is 327 g/mol. The first-order chi connectivity index (χ1) is 11.5. The Morgan fingerprint density at radius 1 is 1.25 bits per heavy atom. The van der Waals surface area contributed by atoms with Crippen LogP contribution in [0.1, 0.15) is 36.1 Å². The van der Waals surface area contributed by atoms with Crippen LogP contribution in [-0.4, -0.2) is 13.0 Å². The second kappa shape index (κ2) is 8.29. The minimum absolute atomic E-state index is 0.0695. The molecule has 0 heterocycles. The maximum atomic E-state index is 12.9. The van der Waals surface area contributed by atoms with Gasteiger partial charge in [0.2, 0.25) is 5.91 Å². The maximum Gasteiger partial charge on any atom is 0.244 e. The third-order valence-electron chi connectivity index (χ3n) is 3.84. The summed E-state index contributed by atoms with van der Waals surface area (Å²) in [5, 5.41) is 2.99. The van der Waals surface area contributed by atoms with Gasteiger partial charge in [-0.2, -0.15) is 0 Å². The van der Waals surface area contributed by atoms with Crippen LogP contribution < -0.4 is 10.1 Å². The van der Waals surface area contributed by atoms with Crippen LogP contribution in [0.3, 0.4) is 0 Å². The number of amides is 1. The summed E-state index contributed by atoms with van der Waals surface area (Å²) < 4.78 is 18.1. The van der Waals surface area contributed by atoms with E-state index < -0.39 is 0 Å². The van der Waals surface area contributed by atoms with E-state index in [4.69, 9.17) is 4.74 Å². The molecule has 0 unspecified atom stereocenters. The fraction of sp³-hybridized carbons (Fsp3) is 0.250. The predicted octanol–water partition coefficient (Wildman–Crippen LogP) is 4.42. The lowest BCUT2D eigenvalue weighted by atomic mass is 10.0. The first-order valence-corrected chi connectivity index (χ1v) is 7.92. The molecule has 0 saturated heterocycles. The van der Waals surface area contributed by atoms with E-state index in [1.54, 1.807) is 25.3 Å². The molecule has 0 fully saturated rings. The molecule has 1 N–H and O–H groups in total. The number of carbonyl (C=O) groups is 1. The van der Waals surface area contributed by atoms with Crippen molar-refractivity contribution in [1.82, 2.24) is 5.32 Å². The van der Waals surface area contributed by atoms with Crippen LogP contribution in [0.2, 0.25) is 0 Å². The third-order valence-corrected chi connectivity index (χ3v) is 3.84. The molecule has 24 heavy (non-hydrogen) atoms. The Morgan fingerprint density at radius 3 is 2.54 bits per heavy atom. The number of halogens is 1. The van der Waals surface area contributed by atoms with Crippen molar-refractivity contribution in [1.29, 1.82) is 0 Å². The molecule has 0 aliphatic heterocycles. The van der Waals surface area contributed by atoms with E-state index in [2.05, 4.69) is 5.32 Å². The highest BCUT2D eigenvalue weighted by molar-refractivity contribution is 5.92. The molecule has 0 aromatic heterocycles. The number of ether oxygens (including phenoxy) is 1. The highest BCUT2D eigenvalue weighted by Crippen LogP contribution is 2.24. The zero-order valence-corrected chi connectivity index (χ0v) is 14.2. The number of benzene rings is 2. The van der Waals surface area contributed by atoms with E-state index in [-0.39, 0.29) is 17.8 Å². The number of rotatable bonds is 6. The molecule has 1 atom stereocenters. The van der Waals surface area contributed by atoms with Crippen molar-refractivity contribution in [3.63, 3.8) is 0 Å². The molecular formula is C20H22FNO2. The summed E-state index contributed by atoms with van der Waals surface area (Å²) in [6, 6.07) is 11.8. The lowest BCUT2D eigenvalue weighted by Gasteiger charge is -2.18. The van der Waals surface area contributed by atoms with Gasteiger partial charge >= 0.3 is 0 Å². The van der Waals surface area contributed by atoms with Crippen LogP contribution >= 0.6 is 0 Å². The molecule has 2 aromatic carbocycles. The van der Waals surface area contributed by atoms with Gasteiger partial charge in [0.1, 0.15) is 11.6 Å². The summed E-state index contributed by atoms with van der Waals surface area (Å²) in [4.78, 5) is 12.1. The lowest BCUT2D eigenvalue weighted by molar-refractivity contribution is -0.117. The van der Waals surface area contributed by atoms with Crippen molar-refractivity contribution < 1.29 is 13.9 Å². The molecule has 4 heteroatoms. The molecular weight excluding hydrogens is 305 g/mol. The first kappa shape index (κ1) is 17.7. The normalized spacial score (nSPS) is 12.2. The molecule has 0 spiro atoms. The summed E-state index contributed by atoms with van der Waals surface area (Å²) in [7, 11) is 1.64. The van der Waals surface area contributed by atoms with Gasteiger partial charge in [-0.25, -0.2) is 4.39 Å². The summed E-state index contributed by atoms with van der Waals surface area (Å²) in [5.41, 5.74) is 2.85. The van der Waals surface area contributed by atoms with Gasteiger partial charge in [0, 0.05) is 6.08 Å². The van der Waals surface area contributed by atoms with Crippen molar-refractivity contribution in [2.45, 2.75) is 26.3 Å². The van der Waals surface area contributed by atoms with Gasteiger partial charge in [0.25, 0.3) is 0 Å². The van der Waals surface area contributed by atoms with Crippen LogP contribution in [0, 0.1) is 12.7 Å². The molecule has 1 amide bonds. The third kappa shape index (κ3) is 4.69. The molecule has 0 bridgehead atoms. The predicted molar refractivity (Wildman–Crippen MR) is 94.3 cm³/mol. The molecule has 0 aliphatic carbocycles. The van der Waals surface area contributed by atoms with E-state index in [1.165, 1.54) is 18.2 Å². The number of hydrogen-bond acceptors (Lipinski definition) is 2. The van der Waals surface area contributed by atoms with Gasteiger partial charge in [-0.3, -0.25) is 4.79 Å². The lowest BCUT2D eigenvalue weighted by Crippen LogP contribution is -2.26. The number of methoxy groups -OCH3 is 1. The van der Waals surface area contributed by atoms with Gasteiger partial charge < -0.3 is 10.1 Å². The molecule has 3 nitrogen and oxygen atoms in total. The van der Waals surface area contributed by atoms with Crippen molar-refractivity contribution >= 4 is 12.0 Å². The SMILES string of the molecule is CC[C@@H](NC(=O)/C=C/c1ccc(F)cc1)c1ccc(OC)c(C)c1. The summed E-state index contributed by atoms with van der Waals surface area (Å²) >= 11 is 0. The standard InChI is InChI=1S/C20H22FNO2/c1-4-18(16-8-11-19(24-3)14(2)13-16)22-20(23)12-7-15-5-9-17(21)10-6-15/h5-13,18H,4H2,1-3H3,(H,22,23)/b12-7+/t18-/m1/s1. The van der Waals surface area contributed by atoms with Gasteiger partial charge in [-0.05, 0) is 54.3 Å². The van der Waals surface area contributed by atoms with Crippen LogP contribution in [0.4, 0.5) is 4.39 Å². The highest BCUT2D eigenvalue weighted by atomic mass is 19.1. The quantitative estimate of drug-likeness (QED) is 0.798. The van der Waals surface area contributed by atoms with Crippen LogP contribution in [0.25, 0.3) is 6.08 Å². The molecule has 0 radical (unpaired) electrons. The zero-order valence-electron chi connectivity index (χ0n) is 14.2.